The molecule has 25 heavy (non-hydrogen) atoms. The zero-order valence-corrected chi connectivity index (χ0v) is 14.4. The number of hydrogen-bond acceptors (Lipinski definition) is 6. The summed E-state index contributed by atoms with van der Waals surface area (Å²) in [6.07, 6.45) is 3.90. The second-order valence-electron chi connectivity index (χ2n) is 7.07. The van der Waals surface area contributed by atoms with Crippen LogP contribution < -0.4 is 11.1 Å². The van der Waals surface area contributed by atoms with Crippen molar-refractivity contribution in [3.8, 4) is 0 Å². The monoisotopic (exact) mass is 351 g/mol. The minimum absolute atomic E-state index is 0.00184. The molecule has 8 heteroatoms. The highest BCUT2D eigenvalue weighted by atomic mass is 16.5. The van der Waals surface area contributed by atoms with E-state index >= 15 is 0 Å². The van der Waals surface area contributed by atoms with Crippen LogP contribution in [0, 0.1) is 5.92 Å². The molecular formula is C17H25N3O5. The van der Waals surface area contributed by atoms with Gasteiger partial charge in [-0.3, -0.25) is 14.5 Å². The van der Waals surface area contributed by atoms with Gasteiger partial charge in [-0.2, -0.15) is 0 Å². The average Bonchev–Trinajstić information content (AvgIpc) is 2.98. The third-order valence-corrected chi connectivity index (χ3v) is 5.10. The zero-order chi connectivity index (χ0) is 18.0. The van der Waals surface area contributed by atoms with Crippen LogP contribution in [0.25, 0.3) is 0 Å². The van der Waals surface area contributed by atoms with Crippen molar-refractivity contribution in [2.75, 3.05) is 33.3 Å². The third-order valence-electron chi connectivity index (χ3n) is 5.10. The highest BCUT2D eigenvalue weighted by Gasteiger charge is 2.43. The number of primary amides is 1. The number of furan rings is 1. The van der Waals surface area contributed by atoms with Crippen LogP contribution in [0.4, 0.5) is 0 Å². The molecule has 1 saturated carbocycles. The minimum atomic E-state index is -0.952. The third kappa shape index (κ3) is 4.02. The molecule has 1 aromatic heterocycles. The molecule has 0 radical (unpaired) electrons. The molecule has 138 valence electrons. The largest absolute Gasteiger partial charge is 0.446 e. The van der Waals surface area contributed by atoms with Crippen LogP contribution in [0.1, 0.15) is 40.4 Å². The second-order valence-corrected chi connectivity index (χ2v) is 7.07. The summed E-state index contributed by atoms with van der Waals surface area (Å²) in [6, 6.07) is 2.73. The van der Waals surface area contributed by atoms with Crippen molar-refractivity contribution < 1.29 is 23.8 Å². The van der Waals surface area contributed by atoms with Crippen LogP contribution in [0.2, 0.25) is 0 Å². The van der Waals surface area contributed by atoms with E-state index in [0.717, 1.165) is 6.54 Å². The molecule has 0 bridgehead atoms. The number of aliphatic hydroxyl groups is 1. The summed E-state index contributed by atoms with van der Waals surface area (Å²) in [7, 11) is 1.74. The molecule has 1 aliphatic carbocycles. The van der Waals surface area contributed by atoms with Crippen molar-refractivity contribution in [3.05, 3.63) is 23.7 Å². The van der Waals surface area contributed by atoms with E-state index in [-0.39, 0.29) is 24.2 Å². The molecule has 8 nitrogen and oxygen atoms in total. The van der Waals surface area contributed by atoms with Crippen molar-refractivity contribution in [1.82, 2.24) is 10.2 Å². The fourth-order valence-electron chi connectivity index (χ4n) is 3.43. The van der Waals surface area contributed by atoms with Gasteiger partial charge in [0.25, 0.3) is 11.8 Å². The number of hydrogen-bond donors (Lipinski definition) is 3. The molecule has 1 saturated heterocycles. The van der Waals surface area contributed by atoms with Gasteiger partial charge in [-0.1, -0.05) is 6.42 Å². The Bertz CT molecular complexity index is 634. The summed E-state index contributed by atoms with van der Waals surface area (Å²) in [6.45, 7) is 1.91. The molecule has 0 aromatic carbocycles. The van der Waals surface area contributed by atoms with E-state index in [1.807, 2.05) is 0 Å². The molecule has 0 spiro atoms. The predicted octanol–water partition coefficient (Wildman–Crippen LogP) is -0.0299. The second kappa shape index (κ2) is 7.15. The van der Waals surface area contributed by atoms with E-state index in [1.54, 1.807) is 7.11 Å². The van der Waals surface area contributed by atoms with Gasteiger partial charge in [0.15, 0.2) is 11.5 Å². The molecule has 1 aromatic rings. The van der Waals surface area contributed by atoms with E-state index in [4.69, 9.17) is 14.9 Å². The fourth-order valence-corrected chi connectivity index (χ4v) is 3.43. The summed E-state index contributed by atoms with van der Waals surface area (Å²) in [4.78, 5) is 25.1. The molecule has 2 amide bonds. The number of methoxy groups -OCH3 is 1. The van der Waals surface area contributed by atoms with Crippen LogP contribution in [0.15, 0.2) is 16.5 Å². The highest BCUT2D eigenvalue weighted by molar-refractivity contribution is 5.95. The molecule has 3 rings (SSSR count). The lowest BCUT2D eigenvalue weighted by molar-refractivity contribution is -0.117. The number of nitrogens with two attached hydrogens (primary N) is 1. The number of nitrogens with one attached hydrogen (secondary N) is 1. The van der Waals surface area contributed by atoms with E-state index < -0.39 is 17.4 Å². The summed E-state index contributed by atoms with van der Waals surface area (Å²) in [5, 5.41) is 13.1. The molecule has 2 heterocycles. The van der Waals surface area contributed by atoms with E-state index in [9.17, 15) is 14.7 Å². The molecule has 2 aliphatic rings. The molecule has 1 unspecified atom stereocenters. The molecule has 1 aliphatic heterocycles. The molecule has 4 N–H and O–H groups in total. The van der Waals surface area contributed by atoms with Crippen LogP contribution in [0.5, 0.6) is 0 Å². The van der Waals surface area contributed by atoms with Gasteiger partial charge in [-0.15, -0.1) is 0 Å². The highest BCUT2D eigenvalue weighted by Crippen LogP contribution is 2.32. The lowest BCUT2D eigenvalue weighted by Crippen LogP contribution is -2.67. The summed E-state index contributed by atoms with van der Waals surface area (Å²) < 4.78 is 10.6. The maximum atomic E-state index is 12.0. The van der Waals surface area contributed by atoms with Gasteiger partial charge >= 0.3 is 0 Å². The Kier molecular flexibility index (Phi) is 5.12. The lowest BCUT2D eigenvalue weighted by Gasteiger charge is -2.48. The first-order valence-electron chi connectivity index (χ1n) is 8.55. The molecule has 1 atom stereocenters. The lowest BCUT2D eigenvalue weighted by atomic mass is 9.80. The summed E-state index contributed by atoms with van der Waals surface area (Å²) in [5.41, 5.74) is 4.13. The quantitative estimate of drug-likeness (QED) is 0.605. The maximum Gasteiger partial charge on any atom is 0.287 e. The van der Waals surface area contributed by atoms with Gasteiger partial charge in [0.1, 0.15) is 5.60 Å². The number of carbonyl (C=O) groups excluding carboxylic acids is 2. The topological polar surface area (TPSA) is 118 Å². The van der Waals surface area contributed by atoms with E-state index in [0.29, 0.717) is 19.0 Å². The predicted molar refractivity (Wildman–Crippen MR) is 89.1 cm³/mol. The van der Waals surface area contributed by atoms with E-state index in [2.05, 4.69) is 10.2 Å². The normalized spacial score (nSPS) is 21.2. The first-order valence-corrected chi connectivity index (χ1v) is 8.55. The van der Waals surface area contributed by atoms with Crippen LogP contribution in [0.3, 0.4) is 0 Å². The molecule has 2 fully saturated rings. The summed E-state index contributed by atoms with van der Waals surface area (Å²) in [5.74, 6) is -0.662. The van der Waals surface area contributed by atoms with Gasteiger partial charge in [-0.25, -0.2) is 0 Å². The van der Waals surface area contributed by atoms with Crippen molar-refractivity contribution in [3.63, 3.8) is 0 Å². The minimum Gasteiger partial charge on any atom is -0.446 e. The average molecular weight is 351 g/mol. The first kappa shape index (κ1) is 17.9. The van der Waals surface area contributed by atoms with Crippen molar-refractivity contribution in [1.29, 1.82) is 0 Å². The number of β-amino-alcohol motifs (C(OH)–C–C–N with tert-alkyl or cyclic N) is 1. The number of carbonyl (C=O) groups is 2. The number of likely N-dealkylation sites (tertiary alicyclic amines) is 1. The Labute approximate surface area is 146 Å². The van der Waals surface area contributed by atoms with Crippen LogP contribution in [-0.2, 0) is 4.74 Å². The Hall–Kier alpha value is -1.90. The zero-order valence-electron chi connectivity index (χ0n) is 14.4. The summed E-state index contributed by atoms with van der Waals surface area (Å²) >= 11 is 0. The van der Waals surface area contributed by atoms with Gasteiger partial charge in [0.05, 0.1) is 6.10 Å². The van der Waals surface area contributed by atoms with E-state index in [1.165, 1.54) is 31.4 Å². The number of nitrogens with zero attached hydrogens (tertiary/aromatic N) is 1. The van der Waals surface area contributed by atoms with Crippen molar-refractivity contribution in [2.24, 2.45) is 11.7 Å². The van der Waals surface area contributed by atoms with Crippen molar-refractivity contribution in [2.45, 2.75) is 31.0 Å². The van der Waals surface area contributed by atoms with Gasteiger partial charge in [-0.05, 0) is 30.9 Å². The number of ether oxygens (including phenoxy) is 1. The van der Waals surface area contributed by atoms with Crippen LogP contribution >= 0.6 is 0 Å². The standard InChI is InChI=1S/C17H25N3O5/c1-24-14(11-3-2-4-11)7-20-9-17(23,10-20)8-19-16(22)13-6-5-12(25-13)15(18)21/h5-6,11,14,23H,2-4,7-10H2,1H3,(H2,18,21)(H,19,22). The maximum absolute atomic E-state index is 12.0. The van der Waals surface area contributed by atoms with Gasteiger partial charge in [0, 0.05) is 33.3 Å². The smallest absolute Gasteiger partial charge is 0.287 e. The Morgan fingerprint density at radius 2 is 2.12 bits per heavy atom. The SMILES string of the molecule is COC(CN1CC(O)(CNC(=O)c2ccc(C(N)=O)o2)C1)C1CCC1. The Balaban J connectivity index is 1.42. The number of rotatable bonds is 8. The Morgan fingerprint density at radius 3 is 2.64 bits per heavy atom. The van der Waals surface area contributed by atoms with Gasteiger partial charge < -0.3 is 25.3 Å². The Morgan fingerprint density at radius 1 is 1.44 bits per heavy atom. The van der Waals surface area contributed by atoms with Crippen molar-refractivity contribution >= 4 is 11.8 Å². The van der Waals surface area contributed by atoms with Gasteiger partial charge in [0.2, 0.25) is 0 Å². The fraction of sp³-hybridized carbons (Fsp3) is 0.647. The number of amides is 2. The molecular weight excluding hydrogens is 326 g/mol. The van der Waals surface area contributed by atoms with Crippen LogP contribution in [-0.4, -0.2) is 66.8 Å². The first-order chi connectivity index (χ1) is 11.9.